The number of nitrogens with zero attached hydrogens (tertiary/aromatic N) is 1. The van der Waals surface area contributed by atoms with E-state index >= 15 is 0 Å². The number of hydrazine groups is 1. The van der Waals surface area contributed by atoms with E-state index in [2.05, 4.69) is 10.2 Å². The van der Waals surface area contributed by atoms with Gasteiger partial charge in [0.25, 0.3) is 10.0 Å². The van der Waals surface area contributed by atoms with Crippen LogP contribution in [0.15, 0.2) is 29.2 Å². The predicted molar refractivity (Wildman–Crippen MR) is 87.3 cm³/mol. The molecule has 0 aromatic heterocycles. The average Bonchev–Trinajstić information content (AvgIpc) is 2.52. The molecule has 1 aliphatic rings. The number of carbonyl (C=O) groups excluding carboxylic acids is 2. The van der Waals surface area contributed by atoms with E-state index in [1.165, 1.54) is 19.2 Å². The highest BCUT2D eigenvalue weighted by atomic mass is 32.2. The molecule has 0 saturated carbocycles. The van der Waals surface area contributed by atoms with E-state index < -0.39 is 27.8 Å². The van der Waals surface area contributed by atoms with Gasteiger partial charge in [-0.1, -0.05) is 32.9 Å². The van der Waals surface area contributed by atoms with Gasteiger partial charge < -0.3 is 4.74 Å². The minimum Gasteiger partial charge on any atom is -0.469 e. The first-order chi connectivity index (χ1) is 11.1. The highest BCUT2D eigenvalue weighted by Gasteiger charge is 2.37. The van der Waals surface area contributed by atoms with Gasteiger partial charge in [-0.3, -0.25) is 15.0 Å². The number of amides is 1. The van der Waals surface area contributed by atoms with Crippen molar-refractivity contribution in [2.24, 2.45) is 5.92 Å². The lowest BCUT2D eigenvalue weighted by molar-refractivity contribution is -0.150. The number of hydrogen-bond donors (Lipinski definition) is 1. The third-order valence-electron chi connectivity index (χ3n) is 3.91. The highest BCUT2D eigenvalue weighted by molar-refractivity contribution is 7.89. The Morgan fingerprint density at radius 3 is 2.33 bits per heavy atom. The van der Waals surface area contributed by atoms with E-state index in [0.717, 1.165) is 9.98 Å². The van der Waals surface area contributed by atoms with Crippen molar-refractivity contribution in [3.05, 3.63) is 29.8 Å². The first-order valence-corrected chi connectivity index (χ1v) is 9.00. The van der Waals surface area contributed by atoms with Crippen molar-refractivity contribution in [1.82, 2.24) is 9.84 Å². The number of sulfonamides is 1. The van der Waals surface area contributed by atoms with Crippen molar-refractivity contribution in [3.63, 3.8) is 0 Å². The maximum Gasteiger partial charge on any atom is 0.310 e. The van der Waals surface area contributed by atoms with E-state index in [1.54, 1.807) is 12.1 Å². The number of benzene rings is 1. The number of esters is 1. The van der Waals surface area contributed by atoms with Crippen molar-refractivity contribution in [1.29, 1.82) is 0 Å². The van der Waals surface area contributed by atoms with Gasteiger partial charge in [-0.25, -0.2) is 8.42 Å². The summed E-state index contributed by atoms with van der Waals surface area (Å²) < 4.78 is 30.8. The number of ether oxygens (including phenoxy) is 1. The lowest BCUT2D eigenvalue weighted by Gasteiger charge is -2.30. The number of carbonyl (C=O) groups is 2. The Morgan fingerprint density at radius 1 is 1.25 bits per heavy atom. The van der Waals surface area contributed by atoms with Crippen LogP contribution in [-0.2, 0) is 29.8 Å². The molecule has 1 heterocycles. The molecule has 1 aliphatic heterocycles. The van der Waals surface area contributed by atoms with Gasteiger partial charge >= 0.3 is 5.97 Å². The monoisotopic (exact) mass is 354 g/mol. The van der Waals surface area contributed by atoms with Crippen molar-refractivity contribution in [2.45, 2.75) is 37.5 Å². The van der Waals surface area contributed by atoms with E-state index in [0.29, 0.717) is 0 Å². The van der Waals surface area contributed by atoms with Crippen molar-refractivity contribution in [2.75, 3.05) is 13.7 Å². The van der Waals surface area contributed by atoms with Crippen LogP contribution in [0.3, 0.4) is 0 Å². The van der Waals surface area contributed by atoms with E-state index in [-0.39, 0.29) is 23.3 Å². The lowest BCUT2D eigenvalue weighted by Crippen LogP contribution is -2.54. The lowest BCUT2D eigenvalue weighted by atomic mass is 9.87. The fourth-order valence-corrected chi connectivity index (χ4v) is 3.79. The summed E-state index contributed by atoms with van der Waals surface area (Å²) in [6.45, 7) is 5.94. The van der Waals surface area contributed by atoms with Gasteiger partial charge in [-0.05, 0) is 23.1 Å². The molecule has 0 spiro atoms. The third-order valence-corrected chi connectivity index (χ3v) is 5.60. The molecule has 0 aliphatic carbocycles. The number of hydrogen-bond acceptors (Lipinski definition) is 5. The molecular formula is C16H22N2O5S. The summed E-state index contributed by atoms with van der Waals surface area (Å²) in [4.78, 5) is 23.5. The smallest absolute Gasteiger partial charge is 0.310 e. The average molecular weight is 354 g/mol. The van der Waals surface area contributed by atoms with Crippen LogP contribution in [0.4, 0.5) is 0 Å². The Kier molecular flexibility index (Phi) is 5.00. The maximum absolute atomic E-state index is 12.7. The SMILES string of the molecule is COC(=O)C1CC(=O)NN(S(=O)(=O)c2ccc(C(C)(C)C)cc2)C1. The molecule has 132 valence electrons. The number of nitrogens with one attached hydrogen (secondary N) is 1. The molecule has 1 amide bonds. The second-order valence-corrected chi connectivity index (χ2v) is 8.63. The minimum absolute atomic E-state index is 0.0568. The molecule has 0 radical (unpaired) electrons. The summed E-state index contributed by atoms with van der Waals surface area (Å²) in [5, 5.41) is 0. The molecule has 1 saturated heterocycles. The maximum atomic E-state index is 12.7. The summed E-state index contributed by atoms with van der Waals surface area (Å²) in [6.07, 6.45) is -0.0956. The summed E-state index contributed by atoms with van der Waals surface area (Å²) in [7, 11) is -2.73. The zero-order chi connectivity index (χ0) is 18.1. The van der Waals surface area contributed by atoms with Gasteiger partial charge in [0.05, 0.1) is 17.9 Å². The van der Waals surface area contributed by atoms with Crippen LogP contribution in [0.1, 0.15) is 32.8 Å². The second-order valence-electron chi connectivity index (χ2n) is 6.77. The third kappa shape index (κ3) is 3.76. The molecule has 1 N–H and O–H groups in total. The number of rotatable bonds is 3. The Hall–Kier alpha value is -1.93. The van der Waals surface area contributed by atoms with Crippen molar-refractivity contribution < 1.29 is 22.7 Å². The summed E-state index contributed by atoms with van der Waals surface area (Å²) in [6, 6.07) is 6.50. The fourth-order valence-electron chi connectivity index (χ4n) is 2.46. The largest absolute Gasteiger partial charge is 0.469 e. The Labute approximate surface area is 142 Å². The van der Waals surface area contributed by atoms with Crippen LogP contribution >= 0.6 is 0 Å². The first kappa shape index (κ1) is 18.4. The van der Waals surface area contributed by atoms with Gasteiger partial charge in [-0.2, -0.15) is 0 Å². The van der Waals surface area contributed by atoms with Crippen LogP contribution in [0.2, 0.25) is 0 Å². The van der Waals surface area contributed by atoms with Gasteiger partial charge in [0.15, 0.2) is 0 Å². The normalized spacial score (nSPS) is 19.7. The highest BCUT2D eigenvalue weighted by Crippen LogP contribution is 2.25. The summed E-state index contributed by atoms with van der Waals surface area (Å²) >= 11 is 0. The van der Waals surface area contributed by atoms with Crippen LogP contribution in [0, 0.1) is 5.92 Å². The topological polar surface area (TPSA) is 92.8 Å². The molecule has 0 bridgehead atoms. The molecule has 8 heteroatoms. The Bertz CT molecular complexity index is 735. The van der Waals surface area contributed by atoms with E-state index in [9.17, 15) is 18.0 Å². The van der Waals surface area contributed by atoms with Gasteiger partial charge in [0.1, 0.15) is 0 Å². The summed E-state index contributed by atoms with van der Waals surface area (Å²) in [5.74, 6) is -1.95. The molecule has 1 unspecified atom stereocenters. The molecule has 1 fully saturated rings. The second kappa shape index (κ2) is 6.52. The van der Waals surface area contributed by atoms with Crippen molar-refractivity contribution >= 4 is 21.9 Å². The Morgan fingerprint density at radius 2 is 1.83 bits per heavy atom. The molecule has 24 heavy (non-hydrogen) atoms. The van der Waals surface area contributed by atoms with Gasteiger partial charge in [0, 0.05) is 13.0 Å². The standard InChI is InChI=1S/C16H22N2O5S/c1-16(2,3)12-5-7-13(8-6-12)24(21,22)18-10-11(15(20)23-4)9-14(19)17-18/h5-8,11H,9-10H2,1-4H3,(H,17,19). The molecular weight excluding hydrogens is 332 g/mol. The number of methoxy groups -OCH3 is 1. The van der Waals surface area contributed by atoms with Crippen LogP contribution in [0.5, 0.6) is 0 Å². The van der Waals surface area contributed by atoms with Crippen molar-refractivity contribution in [3.8, 4) is 0 Å². The Balaban J connectivity index is 2.29. The van der Waals surface area contributed by atoms with E-state index in [4.69, 9.17) is 0 Å². The minimum atomic E-state index is -3.94. The van der Waals surface area contributed by atoms with Crippen LogP contribution < -0.4 is 5.43 Å². The van der Waals surface area contributed by atoms with E-state index in [1.807, 2.05) is 20.8 Å². The first-order valence-electron chi connectivity index (χ1n) is 7.56. The molecule has 1 aromatic carbocycles. The van der Waals surface area contributed by atoms with Crippen LogP contribution in [0.25, 0.3) is 0 Å². The zero-order valence-electron chi connectivity index (χ0n) is 14.2. The quantitative estimate of drug-likeness (QED) is 0.824. The molecule has 1 aromatic rings. The zero-order valence-corrected chi connectivity index (χ0v) is 15.0. The molecule has 2 rings (SSSR count). The molecule has 7 nitrogen and oxygen atoms in total. The van der Waals surface area contributed by atoms with Gasteiger partial charge in [0.2, 0.25) is 5.91 Å². The van der Waals surface area contributed by atoms with Gasteiger partial charge in [-0.15, -0.1) is 4.41 Å². The molecule has 1 atom stereocenters. The fraction of sp³-hybridized carbons (Fsp3) is 0.500. The van der Waals surface area contributed by atoms with Crippen LogP contribution in [-0.4, -0.2) is 38.4 Å². The summed E-state index contributed by atoms with van der Waals surface area (Å²) in [5.41, 5.74) is 3.20. The predicted octanol–water partition coefficient (Wildman–Crippen LogP) is 1.20.